The topological polar surface area (TPSA) is 83.0 Å². The van der Waals surface area contributed by atoms with Crippen molar-refractivity contribution in [1.29, 1.82) is 0 Å². The van der Waals surface area contributed by atoms with Gasteiger partial charge < -0.3 is 15.4 Å². The molecule has 7 nitrogen and oxygen atoms in total. The highest BCUT2D eigenvalue weighted by Gasteiger charge is 2.27. The summed E-state index contributed by atoms with van der Waals surface area (Å²) in [7, 11) is -1.37. The van der Waals surface area contributed by atoms with Gasteiger partial charge in [0.25, 0.3) is 0 Å². The number of hydrogen-bond acceptors (Lipinski definition) is 4. The van der Waals surface area contributed by atoms with Crippen LogP contribution < -0.4 is 15.4 Å². The van der Waals surface area contributed by atoms with E-state index >= 15 is 0 Å². The summed E-state index contributed by atoms with van der Waals surface area (Å²) in [5, 5.41) is 6.36. The Balaban J connectivity index is 1.82. The Hall–Kier alpha value is -2.06. The van der Waals surface area contributed by atoms with Gasteiger partial charge in [-0.25, -0.2) is 12.7 Å². The summed E-state index contributed by atoms with van der Waals surface area (Å²) in [6.07, 6.45) is 2.41. The molecule has 0 radical (unpaired) electrons. The number of benzene rings is 1. The molecule has 0 aliphatic carbocycles. The highest BCUT2D eigenvalue weighted by atomic mass is 32.2. The fourth-order valence-corrected chi connectivity index (χ4v) is 4.11. The van der Waals surface area contributed by atoms with Crippen LogP contribution in [0.5, 0.6) is 5.75 Å². The molecule has 2 N–H and O–H groups in total. The van der Waals surface area contributed by atoms with E-state index < -0.39 is 10.0 Å². The number of nitrogens with one attached hydrogen (secondary N) is 2. The maximum atomic E-state index is 11.8. The lowest BCUT2D eigenvalue weighted by Crippen LogP contribution is -2.41. The van der Waals surface area contributed by atoms with Crippen molar-refractivity contribution in [1.82, 2.24) is 14.9 Å². The molecule has 0 spiro atoms. The Labute approximate surface area is 149 Å². The van der Waals surface area contributed by atoms with Crippen LogP contribution in [-0.4, -0.2) is 57.7 Å². The molecule has 2 rings (SSSR count). The number of guanidine groups is 1. The van der Waals surface area contributed by atoms with Crippen LogP contribution in [0, 0.1) is 0 Å². The summed E-state index contributed by atoms with van der Waals surface area (Å²) in [6, 6.07) is 7.77. The van der Waals surface area contributed by atoms with Gasteiger partial charge in [0.15, 0.2) is 5.96 Å². The molecule has 1 aliphatic heterocycles. The Morgan fingerprint density at radius 2 is 2.20 bits per heavy atom. The molecular formula is C17H26N4O3S. The smallest absolute Gasteiger partial charge is 0.214 e. The molecule has 1 heterocycles. The minimum Gasteiger partial charge on any atom is -0.489 e. The van der Waals surface area contributed by atoms with Gasteiger partial charge in [-0.15, -0.1) is 0 Å². The van der Waals surface area contributed by atoms with Gasteiger partial charge in [-0.2, -0.15) is 0 Å². The number of para-hydroxylation sites is 1. The van der Waals surface area contributed by atoms with Gasteiger partial charge in [0, 0.05) is 38.8 Å². The first-order valence-electron chi connectivity index (χ1n) is 8.31. The Morgan fingerprint density at radius 3 is 2.88 bits per heavy atom. The Kier molecular flexibility index (Phi) is 7.27. The molecule has 0 bridgehead atoms. The van der Waals surface area contributed by atoms with E-state index in [1.165, 1.54) is 4.31 Å². The molecule has 0 unspecified atom stereocenters. The summed E-state index contributed by atoms with van der Waals surface area (Å²) in [6.45, 7) is 6.21. The fraction of sp³-hybridized carbons (Fsp3) is 0.471. The molecule has 1 aliphatic rings. The van der Waals surface area contributed by atoms with Crippen molar-refractivity contribution in [3.05, 3.63) is 42.5 Å². The van der Waals surface area contributed by atoms with Crippen LogP contribution in [0.4, 0.5) is 0 Å². The third kappa shape index (κ3) is 5.75. The van der Waals surface area contributed by atoms with Gasteiger partial charge in [-0.05, 0) is 12.5 Å². The molecule has 0 atom stereocenters. The molecule has 1 aromatic carbocycles. The van der Waals surface area contributed by atoms with Crippen molar-refractivity contribution in [3.8, 4) is 5.75 Å². The third-order valence-corrected chi connectivity index (χ3v) is 5.81. The predicted molar refractivity (Wildman–Crippen MR) is 100 cm³/mol. The second kappa shape index (κ2) is 9.43. The first-order chi connectivity index (χ1) is 12.1. The number of rotatable bonds is 8. The van der Waals surface area contributed by atoms with E-state index in [9.17, 15) is 8.42 Å². The van der Waals surface area contributed by atoms with E-state index in [1.54, 1.807) is 13.1 Å². The van der Waals surface area contributed by atoms with E-state index in [0.717, 1.165) is 11.3 Å². The molecule has 1 saturated heterocycles. The number of aliphatic imine (C=N–C) groups is 1. The predicted octanol–water partition coefficient (Wildman–Crippen LogP) is 0.952. The van der Waals surface area contributed by atoms with Gasteiger partial charge in [0.2, 0.25) is 10.0 Å². The van der Waals surface area contributed by atoms with Gasteiger partial charge in [-0.1, -0.05) is 30.9 Å². The standard InChI is InChI=1S/C17H26N4O3S/c1-3-12-24-16-8-5-4-7-15(16)14-20-17(18-2)19-9-11-21-10-6-13-25(21,22)23/h3-5,7-8H,1,6,9-14H2,2H3,(H2,18,19,20). The molecule has 0 amide bonds. The van der Waals surface area contributed by atoms with Gasteiger partial charge in [0.05, 0.1) is 5.75 Å². The summed E-state index contributed by atoms with van der Waals surface area (Å²) in [5.74, 6) is 1.67. The molecule has 0 aromatic heterocycles. The van der Waals surface area contributed by atoms with Crippen LogP contribution >= 0.6 is 0 Å². The lowest BCUT2D eigenvalue weighted by atomic mass is 10.2. The molecule has 0 saturated carbocycles. The van der Waals surface area contributed by atoms with E-state index in [2.05, 4.69) is 22.2 Å². The van der Waals surface area contributed by atoms with Crippen molar-refractivity contribution < 1.29 is 13.2 Å². The molecule has 138 valence electrons. The molecule has 8 heteroatoms. The summed E-state index contributed by atoms with van der Waals surface area (Å²) in [5.41, 5.74) is 1.01. The van der Waals surface area contributed by atoms with E-state index in [0.29, 0.717) is 45.2 Å². The van der Waals surface area contributed by atoms with Crippen LogP contribution in [0.25, 0.3) is 0 Å². The number of sulfonamides is 1. The van der Waals surface area contributed by atoms with Gasteiger partial charge in [-0.3, -0.25) is 4.99 Å². The van der Waals surface area contributed by atoms with Crippen molar-refractivity contribution in [3.63, 3.8) is 0 Å². The van der Waals surface area contributed by atoms with Crippen LogP contribution in [-0.2, 0) is 16.6 Å². The lowest BCUT2D eigenvalue weighted by molar-refractivity contribution is 0.358. The first kappa shape index (κ1) is 19.3. The summed E-state index contributed by atoms with van der Waals surface area (Å²) >= 11 is 0. The van der Waals surface area contributed by atoms with E-state index in [1.807, 2.05) is 24.3 Å². The average Bonchev–Trinajstić information content (AvgIpc) is 2.95. The lowest BCUT2D eigenvalue weighted by Gasteiger charge is -2.17. The first-order valence-corrected chi connectivity index (χ1v) is 9.91. The zero-order valence-electron chi connectivity index (χ0n) is 14.6. The highest BCUT2D eigenvalue weighted by Crippen LogP contribution is 2.17. The summed E-state index contributed by atoms with van der Waals surface area (Å²) in [4.78, 5) is 4.16. The van der Waals surface area contributed by atoms with Crippen molar-refractivity contribution in [2.75, 3.05) is 39.0 Å². The molecule has 25 heavy (non-hydrogen) atoms. The van der Waals surface area contributed by atoms with Gasteiger partial charge >= 0.3 is 0 Å². The second-order valence-corrected chi connectivity index (χ2v) is 7.72. The van der Waals surface area contributed by atoms with Crippen molar-refractivity contribution >= 4 is 16.0 Å². The maximum Gasteiger partial charge on any atom is 0.214 e. The van der Waals surface area contributed by atoms with E-state index in [4.69, 9.17) is 4.74 Å². The third-order valence-electron chi connectivity index (χ3n) is 3.86. The zero-order valence-corrected chi connectivity index (χ0v) is 15.4. The quantitative estimate of drug-likeness (QED) is 0.407. The molecule has 1 aromatic rings. The minimum atomic E-state index is -3.05. The normalized spacial score (nSPS) is 17.2. The second-order valence-electron chi connectivity index (χ2n) is 5.63. The van der Waals surface area contributed by atoms with Crippen LogP contribution in [0.1, 0.15) is 12.0 Å². The molecule has 1 fully saturated rings. The Bertz CT molecular complexity index is 704. The van der Waals surface area contributed by atoms with E-state index in [-0.39, 0.29) is 5.75 Å². The largest absolute Gasteiger partial charge is 0.489 e. The minimum absolute atomic E-state index is 0.251. The monoisotopic (exact) mass is 366 g/mol. The number of hydrogen-bond donors (Lipinski definition) is 2. The van der Waals surface area contributed by atoms with Gasteiger partial charge in [0.1, 0.15) is 12.4 Å². The summed E-state index contributed by atoms with van der Waals surface area (Å²) < 4.78 is 30.7. The van der Waals surface area contributed by atoms with Crippen molar-refractivity contribution in [2.24, 2.45) is 4.99 Å². The highest BCUT2D eigenvalue weighted by molar-refractivity contribution is 7.89. The number of ether oxygens (including phenoxy) is 1. The van der Waals surface area contributed by atoms with Crippen LogP contribution in [0.15, 0.2) is 41.9 Å². The maximum absolute atomic E-state index is 11.8. The fourth-order valence-electron chi connectivity index (χ4n) is 2.58. The molecular weight excluding hydrogens is 340 g/mol. The van der Waals surface area contributed by atoms with Crippen molar-refractivity contribution in [2.45, 2.75) is 13.0 Å². The zero-order chi connectivity index (χ0) is 18.1. The number of nitrogens with zero attached hydrogens (tertiary/aromatic N) is 2. The van der Waals surface area contributed by atoms with Crippen LogP contribution in [0.2, 0.25) is 0 Å². The Morgan fingerprint density at radius 1 is 1.40 bits per heavy atom. The van der Waals surface area contributed by atoms with Crippen LogP contribution in [0.3, 0.4) is 0 Å². The SMILES string of the molecule is C=CCOc1ccccc1CNC(=NC)NCCN1CCCS1(=O)=O. The average molecular weight is 366 g/mol.